The Balaban J connectivity index is 2.00. The van der Waals surface area contributed by atoms with Crippen molar-refractivity contribution in [2.45, 2.75) is 32.9 Å². The summed E-state index contributed by atoms with van der Waals surface area (Å²) in [4.78, 5) is 24.9. The Bertz CT molecular complexity index is 699. The van der Waals surface area contributed by atoms with Crippen LogP contribution >= 0.6 is 11.6 Å². The molecule has 0 bridgehead atoms. The van der Waals surface area contributed by atoms with Gasteiger partial charge in [0.1, 0.15) is 6.04 Å². The summed E-state index contributed by atoms with van der Waals surface area (Å²) in [5.74, 6) is -0.185. The van der Waals surface area contributed by atoms with Crippen LogP contribution in [-0.2, 0) is 11.3 Å². The van der Waals surface area contributed by atoms with Crippen molar-refractivity contribution in [2.75, 3.05) is 0 Å². The van der Waals surface area contributed by atoms with Gasteiger partial charge in [0.25, 0.3) is 5.91 Å². The molecule has 1 atom stereocenters. The Morgan fingerprint density at radius 1 is 1.00 bits per heavy atom. The highest BCUT2D eigenvalue weighted by Crippen LogP contribution is 2.11. The Morgan fingerprint density at radius 3 is 2.24 bits per heavy atom. The van der Waals surface area contributed by atoms with Crippen LogP contribution in [0.15, 0.2) is 54.6 Å². The van der Waals surface area contributed by atoms with Crippen LogP contribution in [-0.4, -0.2) is 17.9 Å². The third kappa shape index (κ3) is 6.24. The summed E-state index contributed by atoms with van der Waals surface area (Å²) in [6.07, 6.45) is 0.569. The van der Waals surface area contributed by atoms with Gasteiger partial charge in [-0.05, 0) is 42.2 Å². The fourth-order valence-corrected chi connectivity index (χ4v) is 2.58. The van der Waals surface area contributed by atoms with E-state index in [1.807, 2.05) is 44.2 Å². The van der Waals surface area contributed by atoms with Crippen molar-refractivity contribution < 1.29 is 9.59 Å². The molecule has 0 fully saturated rings. The molecule has 0 aliphatic rings. The fraction of sp³-hybridized carbons (Fsp3) is 0.300. The van der Waals surface area contributed by atoms with Crippen molar-refractivity contribution in [3.8, 4) is 0 Å². The summed E-state index contributed by atoms with van der Waals surface area (Å²) < 4.78 is 0. The van der Waals surface area contributed by atoms with Gasteiger partial charge >= 0.3 is 0 Å². The molecule has 2 N–H and O–H groups in total. The van der Waals surface area contributed by atoms with E-state index in [0.29, 0.717) is 23.6 Å². The van der Waals surface area contributed by atoms with Crippen molar-refractivity contribution in [1.82, 2.24) is 10.6 Å². The third-order valence-corrected chi connectivity index (χ3v) is 4.00. The maximum atomic E-state index is 12.5. The molecule has 25 heavy (non-hydrogen) atoms. The van der Waals surface area contributed by atoms with Crippen LogP contribution < -0.4 is 10.6 Å². The van der Waals surface area contributed by atoms with Crippen molar-refractivity contribution in [3.63, 3.8) is 0 Å². The van der Waals surface area contributed by atoms with E-state index in [1.54, 1.807) is 24.3 Å². The topological polar surface area (TPSA) is 58.2 Å². The number of amides is 2. The molecular weight excluding hydrogens is 336 g/mol. The van der Waals surface area contributed by atoms with Gasteiger partial charge in [-0.25, -0.2) is 0 Å². The van der Waals surface area contributed by atoms with Crippen molar-refractivity contribution >= 4 is 23.4 Å². The first kappa shape index (κ1) is 19.0. The molecule has 4 nitrogen and oxygen atoms in total. The Kier molecular flexibility index (Phi) is 7.02. The smallest absolute Gasteiger partial charge is 0.251 e. The van der Waals surface area contributed by atoms with E-state index in [-0.39, 0.29) is 17.7 Å². The minimum absolute atomic E-state index is 0.181. The molecule has 0 radical (unpaired) electrons. The van der Waals surface area contributed by atoms with Crippen LogP contribution in [0.1, 0.15) is 36.2 Å². The number of rotatable bonds is 7. The molecule has 5 heteroatoms. The quantitative estimate of drug-likeness (QED) is 0.790. The van der Waals surface area contributed by atoms with Crippen molar-refractivity contribution in [3.05, 3.63) is 70.7 Å². The van der Waals surface area contributed by atoms with Gasteiger partial charge in [-0.3, -0.25) is 9.59 Å². The zero-order valence-corrected chi connectivity index (χ0v) is 15.2. The normalized spacial score (nSPS) is 11.8. The second kappa shape index (κ2) is 9.23. The van der Waals surface area contributed by atoms with Gasteiger partial charge in [0.15, 0.2) is 0 Å². The molecule has 132 valence electrons. The number of carbonyl (C=O) groups is 2. The summed E-state index contributed by atoms with van der Waals surface area (Å²) in [7, 11) is 0. The van der Waals surface area contributed by atoms with Gasteiger partial charge in [0, 0.05) is 17.1 Å². The molecule has 0 saturated carbocycles. The molecule has 0 aliphatic carbocycles. The van der Waals surface area contributed by atoms with Crippen LogP contribution in [0.5, 0.6) is 0 Å². The van der Waals surface area contributed by atoms with E-state index < -0.39 is 6.04 Å². The Morgan fingerprint density at radius 2 is 1.64 bits per heavy atom. The summed E-state index contributed by atoms with van der Waals surface area (Å²) in [6, 6.07) is 15.7. The largest absolute Gasteiger partial charge is 0.350 e. The maximum absolute atomic E-state index is 12.5. The van der Waals surface area contributed by atoms with Crippen LogP contribution in [0.3, 0.4) is 0 Å². The number of benzene rings is 2. The number of carbonyl (C=O) groups excluding carboxylic acids is 2. The molecule has 2 amide bonds. The SMILES string of the molecule is CC(C)C[C@@H](NC(=O)c1ccc(Cl)cc1)C(=O)NCc1ccccc1. The molecule has 2 aromatic rings. The molecule has 2 rings (SSSR count). The summed E-state index contributed by atoms with van der Waals surface area (Å²) in [6.45, 7) is 4.48. The zero-order chi connectivity index (χ0) is 18.2. The lowest BCUT2D eigenvalue weighted by atomic mass is 10.0. The average Bonchev–Trinajstić information content (AvgIpc) is 2.60. The number of hydrogen-bond acceptors (Lipinski definition) is 2. The van der Waals surface area contributed by atoms with Crippen LogP contribution in [0.2, 0.25) is 5.02 Å². The van der Waals surface area contributed by atoms with Gasteiger partial charge < -0.3 is 10.6 Å². The standard InChI is InChI=1S/C20H23ClN2O2/c1-14(2)12-18(20(25)22-13-15-6-4-3-5-7-15)23-19(24)16-8-10-17(21)11-9-16/h3-11,14,18H,12-13H2,1-2H3,(H,22,25)(H,23,24)/t18-/m1/s1. The molecule has 0 aromatic heterocycles. The van der Waals surface area contributed by atoms with Crippen molar-refractivity contribution in [2.24, 2.45) is 5.92 Å². The molecule has 0 spiro atoms. The summed E-state index contributed by atoms with van der Waals surface area (Å²) in [5, 5.41) is 6.29. The maximum Gasteiger partial charge on any atom is 0.251 e. The predicted molar refractivity (Wildman–Crippen MR) is 100 cm³/mol. The van der Waals surface area contributed by atoms with Gasteiger partial charge in [0.2, 0.25) is 5.91 Å². The van der Waals surface area contributed by atoms with E-state index in [0.717, 1.165) is 5.56 Å². The lowest BCUT2D eigenvalue weighted by Gasteiger charge is -2.20. The number of halogens is 1. The minimum Gasteiger partial charge on any atom is -0.350 e. The summed E-state index contributed by atoms with van der Waals surface area (Å²) >= 11 is 5.85. The van der Waals surface area contributed by atoms with Gasteiger partial charge in [-0.2, -0.15) is 0 Å². The highest BCUT2D eigenvalue weighted by Gasteiger charge is 2.22. The van der Waals surface area contributed by atoms with Crippen LogP contribution in [0.4, 0.5) is 0 Å². The van der Waals surface area contributed by atoms with Crippen molar-refractivity contribution in [1.29, 1.82) is 0 Å². The molecule has 0 unspecified atom stereocenters. The molecule has 0 heterocycles. The second-order valence-electron chi connectivity index (χ2n) is 6.37. The van der Waals surface area contributed by atoms with E-state index in [2.05, 4.69) is 10.6 Å². The lowest BCUT2D eigenvalue weighted by Crippen LogP contribution is -2.47. The first-order valence-electron chi connectivity index (χ1n) is 8.33. The van der Waals surface area contributed by atoms with Gasteiger partial charge in [0.05, 0.1) is 0 Å². The van der Waals surface area contributed by atoms with E-state index >= 15 is 0 Å². The predicted octanol–water partition coefficient (Wildman–Crippen LogP) is 3.80. The average molecular weight is 359 g/mol. The van der Waals surface area contributed by atoms with E-state index in [9.17, 15) is 9.59 Å². The van der Waals surface area contributed by atoms with E-state index in [4.69, 9.17) is 11.6 Å². The molecular formula is C20H23ClN2O2. The minimum atomic E-state index is -0.577. The molecule has 0 aliphatic heterocycles. The Hall–Kier alpha value is -2.33. The van der Waals surface area contributed by atoms with Gasteiger partial charge in [-0.1, -0.05) is 55.8 Å². The summed E-state index contributed by atoms with van der Waals surface area (Å²) in [5.41, 5.74) is 1.50. The molecule has 2 aromatic carbocycles. The lowest BCUT2D eigenvalue weighted by molar-refractivity contribution is -0.123. The fourth-order valence-electron chi connectivity index (χ4n) is 2.45. The third-order valence-electron chi connectivity index (χ3n) is 3.74. The highest BCUT2D eigenvalue weighted by molar-refractivity contribution is 6.30. The Labute approximate surface area is 153 Å². The van der Waals surface area contributed by atoms with Crippen LogP contribution in [0.25, 0.3) is 0 Å². The second-order valence-corrected chi connectivity index (χ2v) is 6.80. The van der Waals surface area contributed by atoms with Gasteiger partial charge in [-0.15, -0.1) is 0 Å². The molecule has 0 saturated heterocycles. The first-order valence-corrected chi connectivity index (χ1v) is 8.71. The first-order chi connectivity index (χ1) is 12.0. The highest BCUT2D eigenvalue weighted by atomic mass is 35.5. The van der Waals surface area contributed by atoms with Crippen LogP contribution in [0, 0.1) is 5.92 Å². The van der Waals surface area contributed by atoms with E-state index in [1.165, 1.54) is 0 Å². The number of nitrogens with one attached hydrogen (secondary N) is 2. The number of hydrogen-bond donors (Lipinski definition) is 2. The monoisotopic (exact) mass is 358 g/mol. The zero-order valence-electron chi connectivity index (χ0n) is 14.5.